The van der Waals surface area contributed by atoms with E-state index >= 15 is 0 Å². The molecule has 1 fully saturated rings. The van der Waals surface area contributed by atoms with Crippen LogP contribution in [0.3, 0.4) is 0 Å². The van der Waals surface area contributed by atoms with Crippen molar-refractivity contribution in [2.45, 2.75) is 13.0 Å². The van der Waals surface area contributed by atoms with Gasteiger partial charge in [0.2, 0.25) is 11.8 Å². The Morgan fingerprint density at radius 3 is 2.79 bits per heavy atom. The second-order valence-corrected chi connectivity index (χ2v) is 7.29. The fourth-order valence-corrected chi connectivity index (χ4v) is 3.28. The summed E-state index contributed by atoms with van der Waals surface area (Å²) in [5.74, 6) is 0.685. The molecule has 1 aromatic heterocycles. The molecule has 0 bridgehead atoms. The first-order valence-corrected chi connectivity index (χ1v) is 9.30. The summed E-state index contributed by atoms with van der Waals surface area (Å²) >= 11 is 6.07. The Balaban J connectivity index is 1.63. The van der Waals surface area contributed by atoms with Crippen molar-refractivity contribution in [2.24, 2.45) is 5.92 Å². The van der Waals surface area contributed by atoms with Crippen molar-refractivity contribution in [1.29, 1.82) is 0 Å². The molecule has 28 heavy (non-hydrogen) atoms. The number of carbonyl (C=O) groups excluding carboxylic acids is 2. The quantitative estimate of drug-likeness (QED) is 0.803. The summed E-state index contributed by atoms with van der Waals surface area (Å²) in [4.78, 5) is 32.8. The van der Waals surface area contributed by atoms with Crippen molar-refractivity contribution in [2.75, 3.05) is 37.5 Å². The van der Waals surface area contributed by atoms with Gasteiger partial charge in [0.25, 0.3) is 0 Å². The lowest BCUT2D eigenvalue weighted by molar-refractivity contribution is -0.126. The number of hydrogen-bond acceptors (Lipinski definition) is 5. The second kappa shape index (κ2) is 8.48. The average Bonchev–Trinajstić information content (AvgIpc) is 3.08. The van der Waals surface area contributed by atoms with Gasteiger partial charge in [-0.2, -0.15) is 0 Å². The molecule has 8 heteroatoms. The van der Waals surface area contributed by atoms with E-state index in [1.165, 1.54) is 7.11 Å². The molecule has 2 heterocycles. The molecule has 7 nitrogen and oxygen atoms in total. The number of pyridine rings is 1. The third-order valence-corrected chi connectivity index (χ3v) is 4.90. The van der Waals surface area contributed by atoms with E-state index in [2.05, 4.69) is 10.3 Å². The van der Waals surface area contributed by atoms with Crippen LogP contribution >= 0.6 is 11.6 Å². The maximum atomic E-state index is 12.6. The summed E-state index contributed by atoms with van der Waals surface area (Å²) in [6.07, 6.45) is 1.89. The molecule has 1 atom stereocenters. The average molecular weight is 403 g/mol. The van der Waals surface area contributed by atoms with Gasteiger partial charge in [-0.25, -0.2) is 4.98 Å². The zero-order chi connectivity index (χ0) is 20.3. The Hall–Kier alpha value is -2.80. The van der Waals surface area contributed by atoms with E-state index in [0.29, 0.717) is 29.5 Å². The number of methoxy groups -OCH3 is 1. The predicted molar refractivity (Wildman–Crippen MR) is 109 cm³/mol. The van der Waals surface area contributed by atoms with Crippen molar-refractivity contribution in [3.05, 3.63) is 47.1 Å². The first-order valence-electron chi connectivity index (χ1n) is 8.93. The van der Waals surface area contributed by atoms with Gasteiger partial charge in [-0.1, -0.05) is 17.7 Å². The zero-order valence-electron chi connectivity index (χ0n) is 16.1. The number of nitrogens with zero attached hydrogens (tertiary/aromatic N) is 3. The van der Waals surface area contributed by atoms with Crippen molar-refractivity contribution < 1.29 is 14.3 Å². The smallest absolute Gasteiger partial charge is 0.227 e. The fraction of sp³-hybridized carbons (Fsp3) is 0.350. The lowest BCUT2D eigenvalue weighted by Gasteiger charge is -2.20. The molecule has 3 rings (SSSR count). The van der Waals surface area contributed by atoms with Crippen LogP contribution < -0.4 is 19.9 Å². The van der Waals surface area contributed by atoms with Gasteiger partial charge >= 0.3 is 0 Å². The minimum Gasteiger partial charge on any atom is -0.495 e. The van der Waals surface area contributed by atoms with Gasteiger partial charge in [-0.15, -0.1) is 0 Å². The zero-order valence-corrected chi connectivity index (χ0v) is 16.9. The first kappa shape index (κ1) is 19.9. The van der Waals surface area contributed by atoms with Gasteiger partial charge < -0.3 is 19.9 Å². The van der Waals surface area contributed by atoms with Crippen molar-refractivity contribution in [3.63, 3.8) is 0 Å². The molecule has 1 unspecified atom stereocenters. The summed E-state index contributed by atoms with van der Waals surface area (Å²) in [5.41, 5.74) is 1.48. The van der Waals surface area contributed by atoms with Gasteiger partial charge in [0.1, 0.15) is 11.6 Å². The topological polar surface area (TPSA) is 74.8 Å². The van der Waals surface area contributed by atoms with E-state index in [1.54, 1.807) is 29.3 Å². The first-order chi connectivity index (χ1) is 13.4. The lowest BCUT2D eigenvalue weighted by Crippen LogP contribution is -2.32. The van der Waals surface area contributed by atoms with Gasteiger partial charge in [0.15, 0.2) is 0 Å². The normalized spacial score (nSPS) is 16.2. The molecule has 1 N–H and O–H groups in total. The number of amides is 2. The minimum atomic E-state index is -0.426. The molecule has 1 aliphatic rings. The van der Waals surface area contributed by atoms with Crippen LogP contribution in [-0.4, -0.2) is 44.5 Å². The van der Waals surface area contributed by atoms with Crippen molar-refractivity contribution in [1.82, 2.24) is 10.3 Å². The van der Waals surface area contributed by atoms with Crippen LogP contribution in [0.15, 0.2) is 36.5 Å². The Morgan fingerprint density at radius 1 is 1.36 bits per heavy atom. The second-order valence-electron chi connectivity index (χ2n) is 6.86. The lowest BCUT2D eigenvalue weighted by atomic mass is 10.1. The predicted octanol–water partition coefficient (Wildman–Crippen LogP) is 2.48. The SMILES string of the molecule is COc1ccc(Cl)cc1N1CC(C(=O)NCc2ccc(N(C)C)nc2)CC1=O. The number of halogens is 1. The summed E-state index contributed by atoms with van der Waals surface area (Å²) in [7, 11) is 5.37. The highest BCUT2D eigenvalue weighted by Gasteiger charge is 2.36. The number of benzene rings is 1. The maximum absolute atomic E-state index is 12.6. The molecule has 2 aromatic rings. The minimum absolute atomic E-state index is 0.127. The molecule has 1 saturated heterocycles. The Bertz CT molecular complexity index is 870. The van der Waals surface area contributed by atoms with Crippen LogP contribution in [0.2, 0.25) is 5.02 Å². The largest absolute Gasteiger partial charge is 0.495 e. The number of ether oxygens (including phenoxy) is 1. The van der Waals surface area contributed by atoms with E-state index in [0.717, 1.165) is 11.4 Å². The number of anilines is 2. The van der Waals surface area contributed by atoms with Crippen molar-refractivity contribution >= 4 is 34.9 Å². The number of nitrogens with one attached hydrogen (secondary N) is 1. The third-order valence-electron chi connectivity index (χ3n) is 4.66. The summed E-state index contributed by atoms with van der Waals surface area (Å²) in [6, 6.07) is 8.91. The highest BCUT2D eigenvalue weighted by Crippen LogP contribution is 2.35. The van der Waals surface area contributed by atoms with Crippen LogP contribution in [0.1, 0.15) is 12.0 Å². The van der Waals surface area contributed by atoms with Gasteiger partial charge in [0, 0.05) is 44.8 Å². The number of rotatable bonds is 6. The maximum Gasteiger partial charge on any atom is 0.227 e. The van der Waals surface area contributed by atoms with Crippen LogP contribution in [0.25, 0.3) is 0 Å². The van der Waals surface area contributed by atoms with Crippen LogP contribution in [0.4, 0.5) is 11.5 Å². The molecule has 0 radical (unpaired) electrons. The van der Waals surface area contributed by atoms with E-state index in [-0.39, 0.29) is 18.2 Å². The standard InChI is InChI=1S/C20H23ClN4O3/c1-24(2)18-7-4-13(10-22-18)11-23-20(27)14-8-19(26)25(12-14)16-9-15(21)5-6-17(16)28-3/h4-7,9-10,14H,8,11-12H2,1-3H3,(H,23,27). The van der Waals surface area contributed by atoms with Gasteiger partial charge in [0.05, 0.1) is 18.7 Å². The van der Waals surface area contributed by atoms with Crippen molar-refractivity contribution in [3.8, 4) is 5.75 Å². The number of carbonyl (C=O) groups is 2. The molecular weight excluding hydrogens is 380 g/mol. The molecule has 2 amide bonds. The van der Waals surface area contributed by atoms with Crippen LogP contribution in [0.5, 0.6) is 5.75 Å². The van der Waals surface area contributed by atoms with E-state index in [9.17, 15) is 9.59 Å². The Morgan fingerprint density at radius 2 is 2.14 bits per heavy atom. The molecule has 0 aliphatic carbocycles. The molecular formula is C20H23ClN4O3. The van der Waals surface area contributed by atoms with E-state index in [4.69, 9.17) is 16.3 Å². The Labute approximate surface area is 169 Å². The summed E-state index contributed by atoms with van der Waals surface area (Å²) < 4.78 is 5.33. The molecule has 148 valence electrons. The van der Waals surface area contributed by atoms with Gasteiger partial charge in [-0.3, -0.25) is 9.59 Å². The number of aromatic nitrogens is 1. The third kappa shape index (κ3) is 4.36. The monoisotopic (exact) mass is 402 g/mol. The van der Waals surface area contributed by atoms with Gasteiger partial charge in [-0.05, 0) is 29.8 Å². The fourth-order valence-electron chi connectivity index (χ4n) is 3.11. The number of hydrogen-bond donors (Lipinski definition) is 1. The molecule has 1 aliphatic heterocycles. The highest BCUT2D eigenvalue weighted by atomic mass is 35.5. The van der Waals surface area contributed by atoms with E-state index < -0.39 is 5.92 Å². The molecule has 1 aromatic carbocycles. The Kier molecular flexibility index (Phi) is 6.04. The van der Waals surface area contributed by atoms with E-state index in [1.807, 2.05) is 31.1 Å². The summed E-state index contributed by atoms with van der Waals surface area (Å²) in [6.45, 7) is 0.657. The van der Waals surface area contributed by atoms with Crippen LogP contribution in [-0.2, 0) is 16.1 Å². The molecule has 0 saturated carbocycles. The van der Waals surface area contributed by atoms with Crippen LogP contribution in [0, 0.1) is 5.92 Å². The highest BCUT2D eigenvalue weighted by molar-refractivity contribution is 6.31. The molecule has 0 spiro atoms. The summed E-state index contributed by atoms with van der Waals surface area (Å²) in [5, 5.41) is 3.40.